The number of nitrogens with zero attached hydrogens (tertiary/aromatic N) is 2. The van der Waals surface area contributed by atoms with E-state index in [2.05, 4.69) is 9.82 Å². The topological polar surface area (TPSA) is 84.2 Å². The zero-order chi connectivity index (χ0) is 15.6. The van der Waals surface area contributed by atoms with E-state index in [-0.39, 0.29) is 18.3 Å². The van der Waals surface area contributed by atoms with E-state index >= 15 is 0 Å². The lowest BCUT2D eigenvalue weighted by Crippen LogP contribution is -2.14. The first-order valence-electron chi connectivity index (χ1n) is 6.30. The van der Waals surface area contributed by atoms with Crippen LogP contribution < -0.4 is 4.72 Å². The molecule has 0 aliphatic rings. The van der Waals surface area contributed by atoms with Crippen LogP contribution in [0.2, 0.25) is 0 Å². The van der Waals surface area contributed by atoms with Crippen LogP contribution in [0, 0.1) is 5.82 Å². The Kier molecular flexibility index (Phi) is 4.29. The second kappa shape index (κ2) is 5.82. The molecule has 0 spiro atoms. The molecule has 0 atom stereocenters. The van der Waals surface area contributed by atoms with Crippen molar-refractivity contribution in [2.45, 2.75) is 31.4 Å². The third-order valence-electron chi connectivity index (χ3n) is 2.85. The van der Waals surface area contributed by atoms with Crippen molar-refractivity contribution >= 4 is 15.7 Å². The molecule has 6 nitrogen and oxygen atoms in total. The maximum atomic E-state index is 13.8. The average molecular weight is 313 g/mol. The fourth-order valence-corrected chi connectivity index (χ4v) is 2.83. The van der Waals surface area contributed by atoms with Gasteiger partial charge in [-0.2, -0.15) is 5.10 Å². The zero-order valence-electron chi connectivity index (χ0n) is 11.6. The molecule has 0 aliphatic heterocycles. The lowest BCUT2D eigenvalue weighted by atomic mass is 10.2. The molecule has 1 aromatic heterocycles. The van der Waals surface area contributed by atoms with Crippen LogP contribution in [0.4, 0.5) is 10.1 Å². The number of aliphatic hydroxyl groups excluding tert-OH is 1. The second-order valence-corrected chi connectivity index (χ2v) is 6.48. The Labute approximate surface area is 122 Å². The van der Waals surface area contributed by atoms with E-state index in [4.69, 9.17) is 5.11 Å². The molecule has 2 N–H and O–H groups in total. The molecule has 0 bridgehead atoms. The van der Waals surface area contributed by atoms with Gasteiger partial charge in [-0.05, 0) is 31.5 Å². The Bertz CT molecular complexity index is 741. The molecule has 1 aromatic carbocycles. The van der Waals surface area contributed by atoms with Gasteiger partial charge in [-0.25, -0.2) is 12.8 Å². The minimum Gasteiger partial charge on any atom is -0.392 e. The lowest BCUT2D eigenvalue weighted by molar-refractivity contribution is 0.281. The smallest absolute Gasteiger partial charge is 0.264 e. The Morgan fingerprint density at radius 3 is 2.67 bits per heavy atom. The summed E-state index contributed by atoms with van der Waals surface area (Å²) < 4.78 is 42.0. The van der Waals surface area contributed by atoms with E-state index in [1.165, 1.54) is 18.5 Å². The molecular weight excluding hydrogens is 297 g/mol. The Hall–Kier alpha value is -1.93. The van der Waals surface area contributed by atoms with Crippen molar-refractivity contribution in [1.29, 1.82) is 0 Å². The number of hydrogen-bond acceptors (Lipinski definition) is 4. The van der Waals surface area contributed by atoms with E-state index < -0.39 is 20.7 Å². The van der Waals surface area contributed by atoms with E-state index in [1.807, 2.05) is 13.8 Å². The molecule has 2 aromatic rings. The van der Waals surface area contributed by atoms with Gasteiger partial charge < -0.3 is 5.11 Å². The van der Waals surface area contributed by atoms with Crippen LogP contribution in [0.1, 0.15) is 25.5 Å². The molecule has 114 valence electrons. The fraction of sp³-hybridized carbons (Fsp3) is 0.308. The van der Waals surface area contributed by atoms with E-state index in [0.29, 0.717) is 5.56 Å². The number of anilines is 1. The number of aromatic nitrogens is 2. The lowest BCUT2D eigenvalue weighted by Gasteiger charge is -2.08. The van der Waals surface area contributed by atoms with Crippen LogP contribution >= 0.6 is 0 Å². The van der Waals surface area contributed by atoms with Crippen LogP contribution in [0.3, 0.4) is 0 Å². The van der Waals surface area contributed by atoms with Gasteiger partial charge in [0, 0.05) is 12.2 Å². The number of nitrogens with one attached hydrogen (secondary N) is 1. The van der Waals surface area contributed by atoms with Gasteiger partial charge >= 0.3 is 0 Å². The number of halogens is 1. The van der Waals surface area contributed by atoms with Crippen LogP contribution in [0.5, 0.6) is 0 Å². The molecule has 1 heterocycles. The first-order valence-corrected chi connectivity index (χ1v) is 7.78. The molecule has 0 amide bonds. The Morgan fingerprint density at radius 2 is 2.14 bits per heavy atom. The molecule has 2 rings (SSSR count). The molecule has 21 heavy (non-hydrogen) atoms. The molecule has 0 fully saturated rings. The van der Waals surface area contributed by atoms with E-state index in [0.717, 1.165) is 12.1 Å². The highest BCUT2D eigenvalue weighted by molar-refractivity contribution is 7.92. The third kappa shape index (κ3) is 3.40. The highest BCUT2D eigenvalue weighted by Gasteiger charge is 2.20. The quantitative estimate of drug-likeness (QED) is 0.883. The Morgan fingerprint density at radius 1 is 1.43 bits per heavy atom. The van der Waals surface area contributed by atoms with Gasteiger partial charge in [-0.3, -0.25) is 9.40 Å². The summed E-state index contributed by atoms with van der Waals surface area (Å²) in [7, 11) is -4.04. The molecular formula is C13H16FN3O3S. The first-order chi connectivity index (χ1) is 9.83. The van der Waals surface area contributed by atoms with Crippen molar-refractivity contribution in [2.75, 3.05) is 4.72 Å². The number of rotatable bonds is 5. The minimum atomic E-state index is -4.04. The van der Waals surface area contributed by atoms with Crippen molar-refractivity contribution in [3.63, 3.8) is 0 Å². The molecule has 0 aliphatic carbocycles. The zero-order valence-corrected chi connectivity index (χ0v) is 12.4. The summed E-state index contributed by atoms with van der Waals surface area (Å²) in [6.07, 6.45) is 2.89. The molecule has 0 saturated carbocycles. The number of benzene rings is 1. The van der Waals surface area contributed by atoms with Crippen molar-refractivity contribution in [3.8, 4) is 0 Å². The summed E-state index contributed by atoms with van der Waals surface area (Å²) in [6.45, 7) is 3.45. The Balaban J connectivity index is 2.29. The summed E-state index contributed by atoms with van der Waals surface area (Å²) in [6, 6.07) is 3.56. The highest BCUT2D eigenvalue weighted by atomic mass is 32.2. The van der Waals surface area contributed by atoms with Gasteiger partial charge in [0.15, 0.2) is 0 Å². The summed E-state index contributed by atoms with van der Waals surface area (Å²) in [5, 5.41) is 12.9. The molecule has 0 saturated heterocycles. The van der Waals surface area contributed by atoms with Gasteiger partial charge in [0.05, 0.1) is 18.5 Å². The molecule has 0 radical (unpaired) electrons. The molecule has 8 heteroatoms. The van der Waals surface area contributed by atoms with E-state index in [1.54, 1.807) is 4.68 Å². The fourth-order valence-electron chi connectivity index (χ4n) is 1.74. The summed E-state index contributed by atoms with van der Waals surface area (Å²) in [5.74, 6) is -0.912. The van der Waals surface area contributed by atoms with Crippen molar-refractivity contribution in [3.05, 3.63) is 42.0 Å². The van der Waals surface area contributed by atoms with Crippen LogP contribution in [-0.4, -0.2) is 23.3 Å². The number of hydrogen-bond donors (Lipinski definition) is 2. The largest absolute Gasteiger partial charge is 0.392 e. The van der Waals surface area contributed by atoms with E-state index in [9.17, 15) is 12.8 Å². The highest BCUT2D eigenvalue weighted by Crippen LogP contribution is 2.20. The van der Waals surface area contributed by atoms with Crippen molar-refractivity contribution in [2.24, 2.45) is 0 Å². The van der Waals surface area contributed by atoms with Gasteiger partial charge in [0.25, 0.3) is 10.0 Å². The molecule has 0 unspecified atom stereocenters. The maximum absolute atomic E-state index is 13.8. The maximum Gasteiger partial charge on any atom is 0.264 e. The standard InChI is InChI=1S/C13H16FN3O3S/c1-9(2)17-7-11(6-15-17)16-21(19,20)13-4-3-10(8-18)5-12(13)14/h3-7,9,16,18H,8H2,1-2H3. The van der Waals surface area contributed by atoms with Gasteiger partial charge in [-0.15, -0.1) is 0 Å². The van der Waals surface area contributed by atoms with Gasteiger partial charge in [0.1, 0.15) is 10.7 Å². The van der Waals surface area contributed by atoms with Crippen LogP contribution in [0.15, 0.2) is 35.5 Å². The normalized spacial score (nSPS) is 11.9. The summed E-state index contributed by atoms with van der Waals surface area (Å²) in [4.78, 5) is -0.475. The van der Waals surface area contributed by atoms with Gasteiger partial charge in [0.2, 0.25) is 0 Å². The third-order valence-corrected chi connectivity index (χ3v) is 4.27. The SMILES string of the molecule is CC(C)n1cc(NS(=O)(=O)c2ccc(CO)cc2F)cn1. The van der Waals surface area contributed by atoms with Crippen LogP contribution in [0.25, 0.3) is 0 Å². The second-order valence-electron chi connectivity index (χ2n) is 4.83. The van der Waals surface area contributed by atoms with Gasteiger partial charge in [-0.1, -0.05) is 6.07 Å². The predicted octanol–water partition coefficient (Wildman–Crippen LogP) is 1.90. The number of sulfonamides is 1. The minimum absolute atomic E-state index is 0.0869. The summed E-state index contributed by atoms with van der Waals surface area (Å²) >= 11 is 0. The van der Waals surface area contributed by atoms with Crippen LogP contribution in [-0.2, 0) is 16.6 Å². The monoisotopic (exact) mass is 313 g/mol. The first kappa shape index (κ1) is 15.5. The number of aliphatic hydroxyl groups is 1. The summed E-state index contributed by atoms with van der Waals surface area (Å²) in [5.41, 5.74) is 0.563. The van der Waals surface area contributed by atoms with Crippen molar-refractivity contribution < 1.29 is 17.9 Å². The average Bonchev–Trinajstić information content (AvgIpc) is 2.86. The van der Waals surface area contributed by atoms with Crippen molar-refractivity contribution in [1.82, 2.24) is 9.78 Å². The predicted molar refractivity (Wildman–Crippen MR) is 75.7 cm³/mol.